The fraction of sp³-hybridized carbons (Fsp3) is 0.368. The summed E-state index contributed by atoms with van der Waals surface area (Å²) in [4.78, 5) is 13.0. The lowest BCUT2D eigenvalue weighted by atomic mass is 10.2. The average molecular weight is 435 g/mol. The second-order valence-corrected chi connectivity index (χ2v) is 8.67. The van der Waals surface area contributed by atoms with E-state index in [0.29, 0.717) is 0 Å². The number of benzene rings is 2. The van der Waals surface area contributed by atoms with Crippen LogP contribution in [0.1, 0.15) is 6.92 Å². The van der Waals surface area contributed by atoms with Crippen molar-refractivity contribution < 1.29 is 4.94 Å². The van der Waals surface area contributed by atoms with Crippen LogP contribution in [0.5, 0.6) is 0 Å². The standard InChI is InChI=1S/C19H23BrN4OS/c1-14(21-25-23-11-9-22(2)10-12-23)24-16-5-3-4-6-18(16)26-19-8-7-15(20)13-17(19)24/h3-8,13-14,21H,9-12H2,1-2H3. The summed E-state index contributed by atoms with van der Waals surface area (Å²) in [5.74, 6) is 0. The molecule has 1 saturated heterocycles. The van der Waals surface area contributed by atoms with E-state index in [2.05, 4.69) is 87.6 Å². The maximum Gasteiger partial charge on any atom is 0.106 e. The zero-order chi connectivity index (χ0) is 18.1. The van der Waals surface area contributed by atoms with Crippen LogP contribution in [0.25, 0.3) is 0 Å². The SMILES string of the molecule is CC(NON1CCN(C)CC1)N1c2ccccc2Sc2ccc(Br)cc21. The van der Waals surface area contributed by atoms with Gasteiger partial charge in [-0.1, -0.05) is 39.8 Å². The summed E-state index contributed by atoms with van der Waals surface area (Å²) >= 11 is 5.43. The summed E-state index contributed by atoms with van der Waals surface area (Å²) in [5.41, 5.74) is 5.63. The zero-order valence-corrected chi connectivity index (χ0v) is 17.4. The quantitative estimate of drug-likeness (QED) is 0.729. The summed E-state index contributed by atoms with van der Waals surface area (Å²) in [7, 11) is 2.14. The molecule has 7 heteroatoms. The Labute approximate surface area is 167 Å². The van der Waals surface area contributed by atoms with Crippen molar-refractivity contribution in [2.24, 2.45) is 0 Å². The van der Waals surface area contributed by atoms with E-state index < -0.39 is 0 Å². The zero-order valence-electron chi connectivity index (χ0n) is 15.0. The molecule has 2 aromatic rings. The lowest BCUT2D eigenvalue weighted by Gasteiger charge is -2.38. The van der Waals surface area contributed by atoms with Gasteiger partial charge in [0, 0.05) is 40.4 Å². The number of nitrogens with one attached hydrogen (secondary N) is 1. The van der Waals surface area contributed by atoms with E-state index in [9.17, 15) is 0 Å². The normalized spacial score (nSPS) is 19.1. The number of nitrogens with zero attached hydrogens (tertiary/aromatic N) is 3. The second kappa shape index (κ2) is 7.88. The number of hydrogen-bond donors (Lipinski definition) is 1. The Hall–Kier alpha value is -1.09. The Balaban J connectivity index is 1.55. The maximum absolute atomic E-state index is 5.90. The minimum atomic E-state index is -0.00949. The highest BCUT2D eigenvalue weighted by Crippen LogP contribution is 2.49. The maximum atomic E-state index is 5.90. The van der Waals surface area contributed by atoms with E-state index >= 15 is 0 Å². The van der Waals surface area contributed by atoms with E-state index in [1.165, 1.54) is 21.2 Å². The van der Waals surface area contributed by atoms with Gasteiger partial charge in [-0.3, -0.25) is 0 Å². The van der Waals surface area contributed by atoms with Crippen LogP contribution < -0.4 is 10.4 Å². The molecular weight excluding hydrogens is 412 g/mol. The second-order valence-electron chi connectivity index (χ2n) is 6.67. The van der Waals surface area contributed by atoms with E-state index in [-0.39, 0.29) is 6.17 Å². The van der Waals surface area contributed by atoms with E-state index in [1.54, 1.807) is 0 Å². The first kappa shape index (κ1) is 18.3. The molecule has 2 heterocycles. The molecule has 0 saturated carbocycles. The molecule has 0 aromatic heterocycles. The molecule has 26 heavy (non-hydrogen) atoms. The molecule has 1 N–H and O–H groups in total. The predicted molar refractivity (Wildman–Crippen MR) is 110 cm³/mol. The number of likely N-dealkylation sites (N-methyl/N-ethyl adjacent to an activating group) is 1. The highest BCUT2D eigenvalue weighted by atomic mass is 79.9. The number of para-hydroxylation sites is 1. The molecule has 0 spiro atoms. The smallest absolute Gasteiger partial charge is 0.106 e. The molecule has 2 aliphatic rings. The van der Waals surface area contributed by atoms with Crippen LogP contribution in [0.3, 0.4) is 0 Å². The molecule has 0 aliphatic carbocycles. The molecule has 2 aliphatic heterocycles. The van der Waals surface area contributed by atoms with Crippen LogP contribution in [-0.4, -0.2) is 49.4 Å². The van der Waals surface area contributed by atoms with Crippen LogP contribution in [0.2, 0.25) is 0 Å². The van der Waals surface area contributed by atoms with Gasteiger partial charge in [0.25, 0.3) is 0 Å². The monoisotopic (exact) mass is 434 g/mol. The highest BCUT2D eigenvalue weighted by Gasteiger charge is 2.28. The summed E-state index contributed by atoms with van der Waals surface area (Å²) in [5, 5.41) is 2.00. The van der Waals surface area contributed by atoms with Crippen molar-refractivity contribution in [2.45, 2.75) is 22.9 Å². The molecule has 0 amide bonds. The van der Waals surface area contributed by atoms with E-state index in [0.717, 1.165) is 30.7 Å². The molecule has 5 nitrogen and oxygen atoms in total. The third-order valence-corrected chi connectivity index (χ3v) is 6.35. The first-order chi connectivity index (χ1) is 12.6. The molecule has 2 aromatic carbocycles. The van der Waals surface area contributed by atoms with E-state index in [1.807, 2.05) is 16.8 Å². The molecule has 0 radical (unpaired) electrons. The molecule has 1 unspecified atom stereocenters. The lowest BCUT2D eigenvalue weighted by molar-refractivity contribution is -0.229. The number of hydroxylamine groups is 3. The van der Waals surface area contributed by atoms with Crippen LogP contribution in [0.4, 0.5) is 11.4 Å². The van der Waals surface area contributed by atoms with Crippen molar-refractivity contribution in [1.82, 2.24) is 15.4 Å². The molecule has 4 rings (SSSR count). The average Bonchev–Trinajstić information content (AvgIpc) is 2.65. The number of fused-ring (bicyclic) bond motifs is 2. The minimum Gasteiger partial charge on any atom is -0.321 e. The first-order valence-electron chi connectivity index (χ1n) is 8.83. The van der Waals surface area contributed by atoms with Gasteiger partial charge in [0.15, 0.2) is 0 Å². The largest absolute Gasteiger partial charge is 0.321 e. The van der Waals surface area contributed by atoms with Crippen molar-refractivity contribution in [2.75, 3.05) is 38.1 Å². The first-order valence-corrected chi connectivity index (χ1v) is 10.4. The number of anilines is 2. The summed E-state index contributed by atoms with van der Waals surface area (Å²) < 4.78 is 1.08. The molecule has 1 fully saturated rings. The third-order valence-electron chi connectivity index (χ3n) is 4.73. The lowest BCUT2D eigenvalue weighted by Crippen LogP contribution is -2.50. The summed E-state index contributed by atoms with van der Waals surface area (Å²) in [6, 6.07) is 15.0. The van der Waals surface area contributed by atoms with Gasteiger partial charge in [-0.15, -0.1) is 0 Å². The minimum absolute atomic E-state index is 0.00949. The van der Waals surface area contributed by atoms with Gasteiger partial charge in [0.2, 0.25) is 0 Å². The molecular formula is C19H23BrN4OS. The summed E-state index contributed by atoms with van der Waals surface area (Å²) in [6.07, 6.45) is -0.00949. The Bertz CT molecular complexity index is 782. The Morgan fingerprint density at radius 2 is 1.77 bits per heavy atom. The number of halogens is 1. The van der Waals surface area contributed by atoms with Gasteiger partial charge in [-0.05, 0) is 44.3 Å². The van der Waals surface area contributed by atoms with Crippen molar-refractivity contribution in [3.8, 4) is 0 Å². The predicted octanol–water partition coefficient (Wildman–Crippen LogP) is 4.08. The fourth-order valence-corrected chi connectivity index (χ4v) is 4.66. The fourth-order valence-electron chi connectivity index (χ4n) is 3.26. The van der Waals surface area contributed by atoms with Gasteiger partial charge >= 0.3 is 0 Å². The van der Waals surface area contributed by atoms with Gasteiger partial charge in [-0.25, -0.2) is 4.94 Å². The van der Waals surface area contributed by atoms with Crippen molar-refractivity contribution >= 4 is 39.1 Å². The van der Waals surface area contributed by atoms with Crippen LogP contribution in [0.15, 0.2) is 56.7 Å². The van der Waals surface area contributed by atoms with Crippen LogP contribution in [0, 0.1) is 0 Å². The van der Waals surface area contributed by atoms with E-state index in [4.69, 9.17) is 4.94 Å². The topological polar surface area (TPSA) is 31.0 Å². The summed E-state index contributed by atoms with van der Waals surface area (Å²) in [6.45, 7) is 5.99. The Morgan fingerprint density at radius 1 is 1.04 bits per heavy atom. The number of piperazine rings is 1. The van der Waals surface area contributed by atoms with Gasteiger partial charge in [0.1, 0.15) is 6.17 Å². The number of hydrogen-bond acceptors (Lipinski definition) is 6. The Kier molecular flexibility index (Phi) is 5.54. The molecule has 0 bridgehead atoms. The van der Waals surface area contributed by atoms with Crippen molar-refractivity contribution in [3.05, 3.63) is 46.9 Å². The van der Waals surface area contributed by atoms with Gasteiger partial charge in [-0.2, -0.15) is 10.5 Å². The van der Waals surface area contributed by atoms with Crippen LogP contribution in [-0.2, 0) is 4.94 Å². The highest BCUT2D eigenvalue weighted by molar-refractivity contribution is 9.10. The molecule has 138 valence electrons. The van der Waals surface area contributed by atoms with Gasteiger partial charge < -0.3 is 9.80 Å². The Morgan fingerprint density at radius 3 is 2.58 bits per heavy atom. The molecule has 1 atom stereocenters. The van der Waals surface area contributed by atoms with Crippen molar-refractivity contribution in [1.29, 1.82) is 0 Å². The van der Waals surface area contributed by atoms with Crippen LogP contribution >= 0.6 is 27.7 Å². The van der Waals surface area contributed by atoms with Gasteiger partial charge in [0.05, 0.1) is 11.4 Å². The van der Waals surface area contributed by atoms with Crippen molar-refractivity contribution in [3.63, 3.8) is 0 Å². The third kappa shape index (κ3) is 3.78. The number of rotatable bonds is 4.